The van der Waals surface area contributed by atoms with E-state index in [1.807, 2.05) is 45.0 Å². The lowest BCUT2D eigenvalue weighted by molar-refractivity contribution is -0.146. The molecule has 1 aromatic carbocycles. The quantitative estimate of drug-likeness (QED) is 0.340. The Balaban J connectivity index is 2.14. The lowest BCUT2D eigenvalue weighted by atomic mass is 10.2. The molecule has 0 aliphatic rings. The smallest absolute Gasteiger partial charge is 0.330 e. The predicted octanol–water partition coefficient (Wildman–Crippen LogP) is 3.27. The molecule has 0 aliphatic carbocycles. The van der Waals surface area contributed by atoms with Crippen molar-refractivity contribution in [1.82, 2.24) is 9.55 Å². The van der Waals surface area contributed by atoms with Crippen molar-refractivity contribution in [3.63, 3.8) is 0 Å². The van der Waals surface area contributed by atoms with Gasteiger partial charge < -0.3 is 15.4 Å². The number of H-pyrrole nitrogens is 1. The van der Waals surface area contributed by atoms with E-state index in [2.05, 4.69) is 4.98 Å². The van der Waals surface area contributed by atoms with Crippen LogP contribution in [0.1, 0.15) is 69.9 Å². The van der Waals surface area contributed by atoms with Gasteiger partial charge in [0.15, 0.2) is 5.69 Å². The van der Waals surface area contributed by atoms with Gasteiger partial charge in [0.2, 0.25) is 5.91 Å². The molecule has 9 nitrogen and oxygen atoms in total. The van der Waals surface area contributed by atoms with Crippen LogP contribution < -0.4 is 21.9 Å². The van der Waals surface area contributed by atoms with E-state index in [0.717, 1.165) is 30.4 Å². The Hall–Kier alpha value is -3.36. The molecule has 0 saturated heterocycles. The number of esters is 1. The molecular weight excluding hydrogens is 436 g/mol. The van der Waals surface area contributed by atoms with Gasteiger partial charge in [0, 0.05) is 19.5 Å². The minimum Gasteiger partial charge on any atom is -0.461 e. The van der Waals surface area contributed by atoms with Gasteiger partial charge >= 0.3 is 11.7 Å². The van der Waals surface area contributed by atoms with E-state index < -0.39 is 23.1 Å². The van der Waals surface area contributed by atoms with E-state index in [9.17, 15) is 19.2 Å². The number of nitrogens with zero attached hydrogens (tertiary/aromatic N) is 2. The molecule has 34 heavy (non-hydrogen) atoms. The number of hydrogen-bond acceptors (Lipinski definition) is 6. The Morgan fingerprint density at radius 1 is 1.03 bits per heavy atom. The Labute approximate surface area is 199 Å². The fraction of sp³-hybridized carbons (Fsp3) is 0.520. The predicted molar refractivity (Wildman–Crippen MR) is 133 cm³/mol. The van der Waals surface area contributed by atoms with Gasteiger partial charge in [0.1, 0.15) is 12.4 Å². The number of amides is 1. The average Bonchev–Trinajstić information content (AvgIpc) is 2.81. The number of hydrogen-bond donors (Lipinski definition) is 2. The average molecular weight is 473 g/mol. The van der Waals surface area contributed by atoms with Crippen molar-refractivity contribution >= 4 is 23.4 Å². The number of carbonyl (C=O) groups is 2. The summed E-state index contributed by atoms with van der Waals surface area (Å²) >= 11 is 0. The lowest BCUT2D eigenvalue weighted by Crippen LogP contribution is -2.41. The number of aryl methyl sites for hydroxylation is 1. The summed E-state index contributed by atoms with van der Waals surface area (Å²) in [5, 5.41) is 0. The van der Waals surface area contributed by atoms with Gasteiger partial charge in [-0.25, -0.2) is 4.79 Å². The molecule has 1 aromatic heterocycles. The lowest BCUT2D eigenvalue weighted by Gasteiger charge is -2.24. The van der Waals surface area contributed by atoms with Crippen LogP contribution in [0.3, 0.4) is 0 Å². The number of nitrogens with one attached hydrogen (secondary N) is 1. The summed E-state index contributed by atoms with van der Waals surface area (Å²) in [5.41, 5.74) is 6.84. The molecule has 0 saturated carbocycles. The Morgan fingerprint density at radius 3 is 2.35 bits per heavy atom. The molecular formula is C25H36N4O5. The number of anilines is 2. The number of unbranched alkanes of at least 4 members (excludes halogenated alkanes) is 3. The highest BCUT2D eigenvalue weighted by Gasteiger charge is 2.24. The molecule has 0 fully saturated rings. The molecule has 0 aliphatic heterocycles. The maximum absolute atomic E-state index is 13.1. The number of nitrogen functional groups attached to an aromatic ring is 1. The van der Waals surface area contributed by atoms with Gasteiger partial charge in [-0.2, -0.15) is 0 Å². The second-order valence-electron chi connectivity index (χ2n) is 8.40. The highest BCUT2D eigenvalue weighted by atomic mass is 16.5. The van der Waals surface area contributed by atoms with E-state index in [4.69, 9.17) is 10.5 Å². The molecule has 1 heterocycles. The zero-order chi connectivity index (χ0) is 25.1. The van der Waals surface area contributed by atoms with Gasteiger partial charge in [-0.1, -0.05) is 62.9 Å². The highest BCUT2D eigenvalue weighted by molar-refractivity contribution is 5.96. The topological polar surface area (TPSA) is 127 Å². The van der Waals surface area contributed by atoms with Crippen molar-refractivity contribution in [1.29, 1.82) is 0 Å². The second-order valence-corrected chi connectivity index (χ2v) is 8.40. The van der Waals surface area contributed by atoms with E-state index in [1.54, 1.807) is 0 Å². The first-order chi connectivity index (χ1) is 16.3. The van der Waals surface area contributed by atoms with Gasteiger partial charge in [0.05, 0.1) is 6.42 Å². The van der Waals surface area contributed by atoms with E-state index in [1.165, 1.54) is 9.47 Å². The minimum absolute atomic E-state index is 0.0333. The summed E-state index contributed by atoms with van der Waals surface area (Å²) in [6, 6.07) is 7.63. The Kier molecular flexibility index (Phi) is 10.6. The van der Waals surface area contributed by atoms with Crippen LogP contribution >= 0.6 is 0 Å². The van der Waals surface area contributed by atoms with Crippen LogP contribution in [0.4, 0.5) is 11.5 Å². The third-order valence-corrected chi connectivity index (χ3v) is 5.57. The molecule has 0 atom stereocenters. The minimum atomic E-state index is -0.706. The molecule has 0 bridgehead atoms. The number of nitrogens with two attached hydrogens (primary N) is 1. The molecule has 0 unspecified atom stereocenters. The molecule has 0 spiro atoms. The molecule has 3 N–H and O–H groups in total. The van der Waals surface area contributed by atoms with Crippen molar-refractivity contribution < 1.29 is 14.3 Å². The molecule has 186 valence electrons. The first-order valence-corrected chi connectivity index (χ1v) is 11.9. The summed E-state index contributed by atoms with van der Waals surface area (Å²) < 4.78 is 6.57. The fourth-order valence-electron chi connectivity index (χ4n) is 3.52. The van der Waals surface area contributed by atoms with Crippen LogP contribution in [0.2, 0.25) is 0 Å². The first-order valence-electron chi connectivity index (χ1n) is 11.9. The maximum Gasteiger partial charge on any atom is 0.330 e. The van der Waals surface area contributed by atoms with E-state index in [0.29, 0.717) is 19.4 Å². The Morgan fingerprint density at radius 2 is 1.71 bits per heavy atom. The van der Waals surface area contributed by atoms with Crippen molar-refractivity contribution in [2.24, 2.45) is 0 Å². The van der Waals surface area contributed by atoms with Gasteiger partial charge in [-0.05, 0) is 25.3 Å². The zero-order valence-corrected chi connectivity index (χ0v) is 20.4. The summed E-state index contributed by atoms with van der Waals surface area (Å²) in [6.07, 6.45) is 3.72. The second kappa shape index (κ2) is 13.4. The fourth-order valence-corrected chi connectivity index (χ4v) is 3.52. The van der Waals surface area contributed by atoms with E-state index in [-0.39, 0.29) is 37.5 Å². The van der Waals surface area contributed by atoms with Gasteiger partial charge in [-0.15, -0.1) is 0 Å². The third kappa shape index (κ3) is 7.60. The van der Waals surface area contributed by atoms with Crippen LogP contribution in [-0.4, -0.2) is 28.0 Å². The van der Waals surface area contributed by atoms with Crippen LogP contribution in [0.15, 0.2) is 33.9 Å². The number of aromatic nitrogens is 2. The zero-order valence-electron chi connectivity index (χ0n) is 20.4. The highest BCUT2D eigenvalue weighted by Crippen LogP contribution is 2.20. The number of ether oxygens (including phenoxy) is 1. The summed E-state index contributed by atoms with van der Waals surface area (Å²) in [7, 11) is 0. The van der Waals surface area contributed by atoms with Gasteiger partial charge in [-0.3, -0.25) is 23.9 Å². The van der Waals surface area contributed by atoms with Crippen molar-refractivity contribution in [2.45, 2.75) is 78.9 Å². The molecule has 1 amide bonds. The summed E-state index contributed by atoms with van der Waals surface area (Å²) in [6.45, 7) is 6.72. The number of aromatic amines is 1. The third-order valence-electron chi connectivity index (χ3n) is 5.57. The number of benzene rings is 1. The van der Waals surface area contributed by atoms with Crippen LogP contribution in [0.5, 0.6) is 0 Å². The molecule has 2 rings (SSSR count). The maximum atomic E-state index is 13.1. The number of rotatable bonds is 13. The van der Waals surface area contributed by atoms with E-state index >= 15 is 0 Å². The van der Waals surface area contributed by atoms with Crippen LogP contribution in [0.25, 0.3) is 0 Å². The monoisotopic (exact) mass is 472 g/mol. The van der Waals surface area contributed by atoms with Crippen molar-refractivity contribution in [3.8, 4) is 0 Å². The van der Waals surface area contributed by atoms with Crippen molar-refractivity contribution in [3.05, 3.63) is 56.2 Å². The van der Waals surface area contributed by atoms with Crippen molar-refractivity contribution in [2.75, 3.05) is 17.2 Å². The molecule has 9 heteroatoms. The summed E-state index contributed by atoms with van der Waals surface area (Å²) in [5.74, 6) is -0.951. The standard InChI is InChI=1S/C25H36N4O5/c1-4-6-8-16-28(22-23(26)29(15-7-5-2)25(33)27-24(22)32)20(30)13-14-21(31)34-17-19-11-9-18(3)10-12-19/h9-12H,4-8,13-17,26H2,1-3H3,(H,27,32,33). The largest absolute Gasteiger partial charge is 0.461 e. The summed E-state index contributed by atoms with van der Waals surface area (Å²) in [4.78, 5) is 53.8. The first kappa shape index (κ1) is 26.9. The van der Waals surface area contributed by atoms with Gasteiger partial charge in [0.25, 0.3) is 5.56 Å². The van der Waals surface area contributed by atoms with Crippen LogP contribution in [0, 0.1) is 6.92 Å². The SMILES string of the molecule is CCCCCN(C(=O)CCC(=O)OCc1ccc(C)cc1)c1c(N)n(CCCC)c(=O)[nH]c1=O. The number of carbonyl (C=O) groups excluding carboxylic acids is 2. The normalized spacial score (nSPS) is 10.8. The molecule has 0 radical (unpaired) electrons. The molecule has 2 aromatic rings. The Bertz CT molecular complexity index is 1070. The van der Waals surface area contributed by atoms with Crippen LogP contribution in [-0.2, 0) is 27.5 Å².